The number of amides is 2. The smallest absolute Gasteiger partial charge is 0.247 e. The van der Waals surface area contributed by atoms with E-state index in [4.69, 9.17) is 9.47 Å². The Bertz CT molecular complexity index is 1050. The Hall–Kier alpha value is -1.89. The van der Waals surface area contributed by atoms with Gasteiger partial charge >= 0.3 is 0 Å². The van der Waals surface area contributed by atoms with Gasteiger partial charge in [0.2, 0.25) is 11.8 Å². The molecule has 2 fully saturated rings. The molecule has 3 unspecified atom stereocenters. The molecule has 4 N–H and O–H groups in total. The molecular weight excluding hydrogens is 627 g/mol. The molecule has 0 aliphatic heterocycles. The summed E-state index contributed by atoms with van der Waals surface area (Å²) in [6, 6.07) is 2.84. The van der Waals surface area contributed by atoms with Crippen LogP contribution in [0.2, 0.25) is 0 Å². The lowest BCUT2D eigenvalue weighted by atomic mass is 9.84. The topological polar surface area (TPSA) is 129 Å². The highest BCUT2D eigenvalue weighted by Gasteiger charge is 2.43. The van der Waals surface area contributed by atoms with Crippen LogP contribution < -0.4 is 14.8 Å². The molecule has 0 saturated heterocycles. The highest BCUT2D eigenvalue weighted by molar-refractivity contribution is 14.1. The van der Waals surface area contributed by atoms with Crippen molar-refractivity contribution in [3.63, 3.8) is 0 Å². The van der Waals surface area contributed by atoms with Crippen LogP contribution in [0, 0.1) is 15.4 Å². The molecule has 1 aromatic rings. The maximum Gasteiger partial charge on any atom is 0.247 e. The summed E-state index contributed by atoms with van der Waals surface area (Å²) >= 11 is 2.10. The van der Waals surface area contributed by atoms with Gasteiger partial charge in [-0.3, -0.25) is 9.59 Å². The zero-order valence-electron chi connectivity index (χ0n) is 23.3. The van der Waals surface area contributed by atoms with Crippen molar-refractivity contribution in [3.8, 4) is 11.5 Å². The third kappa shape index (κ3) is 7.49. The average Bonchev–Trinajstić information content (AvgIpc) is 3.52. The second-order valence-electron chi connectivity index (χ2n) is 11.3. The van der Waals surface area contributed by atoms with Crippen molar-refractivity contribution >= 4 is 34.4 Å². The summed E-state index contributed by atoms with van der Waals surface area (Å²) < 4.78 is 12.6. The molecule has 3 aliphatic rings. The van der Waals surface area contributed by atoms with Crippen LogP contribution in [-0.2, 0) is 16.2 Å². The van der Waals surface area contributed by atoms with Crippen molar-refractivity contribution in [2.45, 2.75) is 89.1 Å². The number of aliphatic hydroxyl groups excluding tert-OH is 3. The maximum absolute atomic E-state index is 14.0. The number of ether oxygens (including phenoxy) is 2. The van der Waals surface area contributed by atoms with E-state index in [2.05, 4.69) is 27.9 Å². The lowest BCUT2D eigenvalue weighted by Crippen LogP contribution is -2.57. The molecule has 2 saturated carbocycles. The van der Waals surface area contributed by atoms with Gasteiger partial charge in [0.1, 0.15) is 12.2 Å². The second kappa shape index (κ2) is 14.8. The minimum Gasteiger partial charge on any atom is -0.493 e. The lowest BCUT2D eigenvalue weighted by Gasteiger charge is -2.43. The van der Waals surface area contributed by atoms with Gasteiger partial charge in [0.05, 0.1) is 29.9 Å². The normalized spacial score (nSPS) is 23.9. The summed E-state index contributed by atoms with van der Waals surface area (Å²) in [7, 11) is 1.51. The standard InChI is InChI=1S/C30H43IN2O7/c1-39-26-14-20(18-35)13-23(31)28(26)40-25-16-22(29(37)32-11-12-34)15-24(27(25)36)33(17-19-7-3-2-4-8-19)30(38)21-9-5-6-10-21/h13-14,16,19,21,24-25,27,34-36H,2-12,15,17-18H2,1H3,(H,32,37). The van der Waals surface area contributed by atoms with Crippen molar-refractivity contribution in [3.05, 3.63) is 32.9 Å². The van der Waals surface area contributed by atoms with E-state index in [-0.39, 0.29) is 43.9 Å². The van der Waals surface area contributed by atoms with Crippen molar-refractivity contribution in [2.75, 3.05) is 26.8 Å². The fraction of sp³-hybridized carbons (Fsp3) is 0.667. The Balaban J connectivity index is 1.68. The number of benzene rings is 1. The lowest BCUT2D eigenvalue weighted by molar-refractivity contribution is -0.144. The molecular formula is C30H43IN2O7. The number of aliphatic hydroxyl groups is 3. The largest absolute Gasteiger partial charge is 0.493 e. The molecule has 3 atom stereocenters. The van der Waals surface area contributed by atoms with Crippen molar-refractivity contribution < 1.29 is 34.4 Å². The van der Waals surface area contributed by atoms with Gasteiger partial charge in [-0.2, -0.15) is 0 Å². The summed E-state index contributed by atoms with van der Waals surface area (Å²) in [5, 5.41) is 33.4. The van der Waals surface area contributed by atoms with E-state index < -0.39 is 18.2 Å². The molecule has 0 aromatic heterocycles. The summed E-state index contributed by atoms with van der Waals surface area (Å²) in [5.41, 5.74) is 1.08. The number of methoxy groups -OCH3 is 1. The average molecular weight is 671 g/mol. The first-order valence-corrected chi connectivity index (χ1v) is 15.7. The Morgan fingerprint density at radius 2 is 1.77 bits per heavy atom. The molecule has 9 nitrogen and oxygen atoms in total. The van der Waals surface area contributed by atoms with Gasteiger partial charge in [0.25, 0.3) is 0 Å². The first-order valence-electron chi connectivity index (χ1n) is 14.6. The third-order valence-electron chi connectivity index (χ3n) is 8.51. The van der Waals surface area contributed by atoms with Gasteiger partial charge < -0.3 is 35.0 Å². The van der Waals surface area contributed by atoms with Crippen molar-refractivity contribution in [1.29, 1.82) is 0 Å². The Morgan fingerprint density at radius 3 is 2.42 bits per heavy atom. The minimum absolute atomic E-state index is 0.0557. The first-order chi connectivity index (χ1) is 19.4. The number of carbonyl (C=O) groups is 2. The predicted octanol–water partition coefficient (Wildman–Crippen LogP) is 3.31. The first kappa shape index (κ1) is 31.1. The number of halogens is 1. The maximum atomic E-state index is 14.0. The molecule has 0 spiro atoms. The minimum atomic E-state index is -1.07. The number of nitrogens with one attached hydrogen (secondary N) is 1. The van der Waals surface area contributed by atoms with E-state index in [1.165, 1.54) is 13.5 Å². The zero-order valence-corrected chi connectivity index (χ0v) is 25.5. The van der Waals surface area contributed by atoms with Gasteiger partial charge in [0.15, 0.2) is 11.5 Å². The Labute approximate surface area is 250 Å². The molecule has 10 heteroatoms. The van der Waals surface area contributed by atoms with Gasteiger partial charge in [-0.1, -0.05) is 32.1 Å². The molecule has 0 heterocycles. The molecule has 4 rings (SSSR count). The van der Waals surface area contributed by atoms with Crippen molar-refractivity contribution in [1.82, 2.24) is 10.2 Å². The number of carbonyl (C=O) groups excluding carboxylic acids is 2. The van der Waals surface area contributed by atoms with E-state index in [9.17, 15) is 24.9 Å². The van der Waals surface area contributed by atoms with Crippen LogP contribution in [0.25, 0.3) is 0 Å². The van der Waals surface area contributed by atoms with Crippen molar-refractivity contribution in [2.24, 2.45) is 11.8 Å². The van der Waals surface area contributed by atoms with Gasteiger partial charge in [0, 0.05) is 31.0 Å². The summed E-state index contributed by atoms with van der Waals surface area (Å²) in [5.74, 6) is 0.851. The van der Waals surface area contributed by atoms with Crippen LogP contribution in [0.1, 0.15) is 69.8 Å². The molecule has 40 heavy (non-hydrogen) atoms. The molecule has 0 bridgehead atoms. The summed E-state index contributed by atoms with van der Waals surface area (Å²) in [6.45, 7) is 0.332. The predicted molar refractivity (Wildman–Crippen MR) is 159 cm³/mol. The quantitative estimate of drug-likeness (QED) is 0.266. The van der Waals surface area contributed by atoms with Crippen LogP contribution in [0.5, 0.6) is 11.5 Å². The van der Waals surface area contributed by atoms with Crippen LogP contribution >= 0.6 is 22.6 Å². The zero-order chi connectivity index (χ0) is 28.6. The van der Waals surface area contributed by atoms with E-state index >= 15 is 0 Å². The third-order valence-corrected chi connectivity index (χ3v) is 9.31. The van der Waals surface area contributed by atoms with E-state index in [1.54, 1.807) is 18.2 Å². The van der Waals surface area contributed by atoms with Crippen LogP contribution in [0.3, 0.4) is 0 Å². The monoisotopic (exact) mass is 670 g/mol. The molecule has 2 amide bonds. The van der Waals surface area contributed by atoms with Crippen LogP contribution in [0.4, 0.5) is 0 Å². The second-order valence-corrected chi connectivity index (χ2v) is 12.4. The number of rotatable bonds is 11. The summed E-state index contributed by atoms with van der Waals surface area (Å²) in [4.78, 5) is 29.0. The Kier molecular flexibility index (Phi) is 11.5. The highest BCUT2D eigenvalue weighted by Crippen LogP contribution is 2.38. The SMILES string of the molecule is COc1cc(CO)cc(I)c1OC1C=C(C(=O)NCCO)CC(N(CC2CCCCC2)C(=O)C2CCCC2)C1O. The van der Waals surface area contributed by atoms with Gasteiger partial charge in [-0.25, -0.2) is 0 Å². The number of nitrogens with zero attached hydrogens (tertiary/aromatic N) is 1. The van der Waals surface area contributed by atoms with Crippen LogP contribution in [0.15, 0.2) is 23.8 Å². The van der Waals surface area contributed by atoms with E-state index in [0.29, 0.717) is 38.7 Å². The van der Waals surface area contributed by atoms with Crippen LogP contribution in [-0.4, -0.2) is 77.1 Å². The molecule has 1 aromatic carbocycles. The fourth-order valence-electron chi connectivity index (χ4n) is 6.34. The number of hydrogen-bond donors (Lipinski definition) is 4. The van der Waals surface area contributed by atoms with Gasteiger partial charge in [-0.15, -0.1) is 0 Å². The Morgan fingerprint density at radius 1 is 1.07 bits per heavy atom. The molecule has 222 valence electrons. The molecule has 3 aliphatic carbocycles. The number of hydrogen-bond acceptors (Lipinski definition) is 7. The fourth-order valence-corrected chi connectivity index (χ4v) is 7.13. The highest BCUT2D eigenvalue weighted by atomic mass is 127. The van der Waals surface area contributed by atoms with E-state index in [1.807, 2.05) is 4.90 Å². The van der Waals surface area contributed by atoms with E-state index in [0.717, 1.165) is 51.4 Å². The molecule has 0 radical (unpaired) electrons. The summed E-state index contributed by atoms with van der Waals surface area (Å²) in [6.07, 6.45) is 9.25. The van der Waals surface area contributed by atoms with Gasteiger partial charge in [-0.05, 0) is 78.0 Å².